The Morgan fingerprint density at radius 3 is 2.42 bits per heavy atom. The van der Waals surface area contributed by atoms with Gasteiger partial charge in [-0.2, -0.15) is 0 Å². The van der Waals surface area contributed by atoms with E-state index in [0.717, 1.165) is 5.56 Å². The zero-order valence-electron chi connectivity index (χ0n) is 15.3. The number of esters is 2. The molecule has 7 nitrogen and oxygen atoms in total. The van der Waals surface area contributed by atoms with Crippen LogP contribution in [0.4, 0.5) is 5.69 Å². The predicted molar refractivity (Wildman–Crippen MR) is 96.4 cm³/mol. The molecule has 3 N–H and O–H groups in total. The van der Waals surface area contributed by atoms with Crippen molar-refractivity contribution in [2.75, 3.05) is 18.9 Å². The summed E-state index contributed by atoms with van der Waals surface area (Å²) in [6.45, 7) is 6.58. The molecule has 0 spiro atoms. The first-order valence-electron chi connectivity index (χ1n) is 8.19. The SMILES string of the molecule is CCOC(=O)c1c(C)[nH]c(C(=O)COC(=O)c2cccc(C)c2N)c1C. The van der Waals surface area contributed by atoms with Crippen molar-refractivity contribution in [2.45, 2.75) is 27.7 Å². The van der Waals surface area contributed by atoms with Gasteiger partial charge in [0.2, 0.25) is 5.78 Å². The highest BCUT2D eigenvalue weighted by Crippen LogP contribution is 2.21. The molecule has 0 amide bonds. The number of Topliss-reactive ketones (excluding diaryl/α,β-unsaturated/α-hetero) is 1. The van der Waals surface area contributed by atoms with Crippen LogP contribution in [-0.2, 0) is 9.47 Å². The molecule has 1 aromatic heterocycles. The highest BCUT2D eigenvalue weighted by molar-refractivity contribution is 6.03. The number of nitrogen functional groups attached to an aromatic ring is 1. The molecule has 0 aliphatic rings. The van der Waals surface area contributed by atoms with E-state index in [2.05, 4.69) is 4.98 Å². The van der Waals surface area contributed by atoms with E-state index in [-0.39, 0.29) is 17.9 Å². The summed E-state index contributed by atoms with van der Waals surface area (Å²) in [5, 5.41) is 0. The monoisotopic (exact) mass is 358 g/mol. The summed E-state index contributed by atoms with van der Waals surface area (Å²) in [5.41, 5.74) is 8.69. The number of rotatable bonds is 6. The first-order valence-corrected chi connectivity index (χ1v) is 8.19. The van der Waals surface area contributed by atoms with Crippen molar-refractivity contribution in [3.63, 3.8) is 0 Å². The smallest absolute Gasteiger partial charge is 0.340 e. The lowest BCUT2D eigenvalue weighted by Crippen LogP contribution is -2.17. The summed E-state index contributed by atoms with van der Waals surface area (Å²) in [4.78, 5) is 39.4. The maximum absolute atomic E-state index is 12.4. The molecule has 1 heterocycles. The Bertz CT molecular complexity index is 867. The van der Waals surface area contributed by atoms with E-state index in [0.29, 0.717) is 22.5 Å². The molecule has 0 radical (unpaired) electrons. The molecule has 0 saturated carbocycles. The van der Waals surface area contributed by atoms with Crippen molar-refractivity contribution in [1.82, 2.24) is 4.98 Å². The molecule has 2 rings (SSSR count). The Balaban J connectivity index is 2.13. The molecule has 0 atom stereocenters. The standard InChI is InChI=1S/C19H22N2O5/c1-5-25-19(24)15-11(3)17(21-12(15)4)14(22)9-26-18(23)13-8-6-7-10(2)16(13)20/h6-8,21H,5,9,20H2,1-4H3. The number of aryl methyl sites for hydroxylation is 2. The van der Waals surface area contributed by atoms with Gasteiger partial charge < -0.3 is 20.2 Å². The van der Waals surface area contributed by atoms with Gasteiger partial charge in [0, 0.05) is 11.4 Å². The van der Waals surface area contributed by atoms with Gasteiger partial charge in [-0.3, -0.25) is 4.79 Å². The number of aromatic amines is 1. The number of carbonyl (C=O) groups is 3. The van der Waals surface area contributed by atoms with E-state index in [9.17, 15) is 14.4 Å². The maximum atomic E-state index is 12.4. The van der Waals surface area contributed by atoms with Gasteiger partial charge in [-0.15, -0.1) is 0 Å². The number of hydrogen-bond acceptors (Lipinski definition) is 6. The van der Waals surface area contributed by atoms with Crippen LogP contribution in [0.2, 0.25) is 0 Å². The van der Waals surface area contributed by atoms with Gasteiger partial charge in [0.1, 0.15) is 0 Å². The lowest BCUT2D eigenvalue weighted by molar-refractivity contribution is 0.0473. The Labute approximate surface area is 151 Å². The second-order valence-electron chi connectivity index (χ2n) is 5.88. The number of ether oxygens (including phenoxy) is 2. The zero-order chi connectivity index (χ0) is 19.4. The van der Waals surface area contributed by atoms with Crippen LogP contribution in [-0.4, -0.2) is 35.9 Å². The van der Waals surface area contributed by atoms with Crippen LogP contribution in [0.5, 0.6) is 0 Å². The second-order valence-corrected chi connectivity index (χ2v) is 5.88. The summed E-state index contributed by atoms with van der Waals surface area (Å²) in [7, 11) is 0. The van der Waals surface area contributed by atoms with Crippen LogP contribution in [0.3, 0.4) is 0 Å². The number of nitrogens with two attached hydrogens (primary N) is 1. The number of nitrogens with one attached hydrogen (secondary N) is 1. The largest absolute Gasteiger partial charge is 0.462 e. The molecule has 0 bridgehead atoms. The molecule has 0 unspecified atom stereocenters. The van der Waals surface area contributed by atoms with Gasteiger partial charge in [-0.25, -0.2) is 9.59 Å². The number of H-pyrrole nitrogens is 1. The summed E-state index contributed by atoms with van der Waals surface area (Å²) >= 11 is 0. The van der Waals surface area contributed by atoms with Gasteiger partial charge in [0.05, 0.1) is 23.4 Å². The van der Waals surface area contributed by atoms with Crippen LogP contribution in [0, 0.1) is 20.8 Å². The minimum Gasteiger partial charge on any atom is -0.462 e. The van der Waals surface area contributed by atoms with Gasteiger partial charge >= 0.3 is 11.9 Å². The first-order chi connectivity index (χ1) is 12.3. The van der Waals surface area contributed by atoms with Crippen LogP contribution >= 0.6 is 0 Å². The molecular formula is C19H22N2O5. The Kier molecular flexibility index (Phi) is 5.82. The third-order valence-electron chi connectivity index (χ3n) is 4.07. The van der Waals surface area contributed by atoms with Crippen molar-refractivity contribution < 1.29 is 23.9 Å². The van der Waals surface area contributed by atoms with E-state index in [1.54, 1.807) is 39.8 Å². The average molecular weight is 358 g/mol. The minimum absolute atomic E-state index is 0.212. The molecule has 7 heteroatoms. The van der Waals surface area contributed by atoms with Gasteiger partial charge in [0.25, 0.3) is 0 Å². The van der Waals surface area contributed by atoms with E-state index in [1.165, 1.54) is 6.07 Å². The lowest BCUT2D eigenvalue weighted by Gasteiger charge is -2.08. The second kappa shape index (κ2) is 7.86. The summed E-state index contributed by atoms with van der Waals surface area (Å²) in [5.74, 6) is -1.62. The number of benzene rings is 1. The summed E-state index contributed by atoms with van der Waals surface area (Å²) in [6, 6.07) is 5.01. The third kappa shape index (κ3) is 3.77. The van der Waals surface area contributed by atoms with Crippen molar-refractivity contribution in [2.24, 2.45) is 0 Å². The molecule has 138 valence electrons. The highest BCUT2D eigenvalue weighted by atomic mass is 16.5. The fraction of sp³-hybridized carbons (Fsp3) is 0.316. The van der Waals surface area contributed by atoms with Crippen molar-refractivity contribution in [3.05, 3.63) is 51.8 Å². The molecule has 2 aromatic rings. The van der Waals surface area contributed by atoms with Crippen LogP contribution in [0.1, 0.15) is 54.9 Å². The number of hydrogen-bond donors (Lipinski definition) is 2. The quantitative estimate of drug-likeness (QED) is 0.466. The Morgan fingerprint density at radius 1 is 1.08 bits per heavy atom. The van der Waals surface area contributed by atoms with Crippen molar-refractivity contribution in [1.29, 1.82) is 0 Å². The summed E-state index contributed by atoms with van der Waals surface area (Å²) < 4.78 is 10.1. The predicted octanol–water partition coefficient (Wildman–Crippen LogP) is 2.74. The first kappa shape index (κ1) is 19.2. The molecule has 0 aliphatic heterocycles. The Hall–Kier alpha value is -3.09. The van der Waals surface area contributed by atoms with E-state index in [4.69, 9.17) is 15.2 Å². The number of ketones is 1. The average Bonchev–Trinajstić information content (AvgIpc) is 2.89. The van der Waals surface area contributed by atoms with Crippen molar-refractivity contribution in [3.8, 4) is 0 Å². The van der Waals surface area contributed by atoms with E-state index < -0.39 is 24.3 Å². The normalized spacial score (nSPS) is 10.5. The topological polar surface area (TPSA) is 111 Å². The minimum atomic E-state index is -0.675. The molecule has 0 aliphatic carbocycles. The molecule has 0 fully saturated rings. The van der Waals surface area contributed by atoms with Crippen LogP contribution in [0.25, 0.3) is 0 Å². The van der Waals surface area contributed by atoms with Crippen LogP contribution in [0.15, 0.2) is 18.2 Å². The fourth-order valence-corrected chi connectivity index (χ4v) is 2.68. The van der Waals surface area contributed by atoms with Gasteiger partial charge in [0.15, 0.2) is 6.61 Å². The highest BCUT2D eigenvalue weighted by Gasteiger charge is 2.24. The van der Waals surface area contributed by atoms with E-state index >= 15 is 0 Å². The summed E-state index contributed by atoms with van der Waals surface area (Å²) in [6.07, 6.45) is 0. The number of aromatic nitrogens is 1. The number of carbonyl (C=O) groups excluding carboxylic acids is 3. The van der Waals surface area contributed by atoms with E-state index in [1.807, 2.05) is 0 Å². The molecule has 26 heavy (non-hydrogen) atoms. The van der Waals surface area contributed by atoms with Crippen molar-refractivity contribution >= 4 is 23.4 Å². The van der Waals surface area contributed by atoms with Gasteiger partial charge in [-0.05, 0) is 44.9 Å². The zero-order valence-corrected chi connectivity index (χ0v) is 15.3. The number of para-hydroxylation sites is 1. The maximum Gasteiger partial charge on any atom is 0.340 e. The number of anilines is 1. The third-order valence-corrected chi connectivity index (χ3v) is 4.07. The molecular weight excluding hydrogens is 336 g/mol. The molecule has 1 aromatic carbocycles. The van der Waals surface area contributed by atoms with Crippen LogP contribution < -0.4 is 5.73 Å². The lowest BCUT2D eigenvalue weighted by atomic mass is 10.1. The fourth-order valence-electron chi connectivity index (χ4n) is 2.68. The molecule has 0 saturated heterocycles. The Morgan fingerprint density at radius 2 is 1.77 bits per heavy atom. The van der Waals surface area contributed by atoms with Gasteiger partial charge in [-0.1, -0.05) is 12.1 Å².